The molecule has 2 aromatic rings. The molecule has 10 heteroatoms. The van der Waals surface area contributed by atoms with Gasteiger partial charge in [-0.05, 0) is 28.7 Å². The number of hydrogen-bond donors (Lipinski definition) is 3. The summed E-state index contributed by atoms with van der Waals surface area (Å²) in [4.78, 5) is 35.9. The van der Waals surface area contributed by atoms with Crippen molar-refractivity contribution in [3.05, 3.63) is 59.7 Å². The Balaban J connectivity index is 1.15. The van der Waals surface area contributed by atoms with Gasteiger partial charge in [0.25, 0.3) is 11.8 Å². The summed E-state index contributed by atoms with van der Waals surface area (Å²) in [6.07, 6.45) is -1.44. The second kappa shape index (κ2) is 8.92. The lowest BCUT2D eigenvalue weighted by Gasteiger charge is -2.20. The lowest BCUT2D eigenvalue weighted by Crippen LogP contribution is -2.49. The number of nitrogens with one attached hydrogen (secondary N) is 2. The number of carboxylic acid groups (broad SMARTS) is 1. The molecular formula is C25H24F2N2O6. The smallest absolute Gasteiger partial charge is 0.407 e. The fraction of sp³-hybridized carbons (Fsp3) is 0.400. The van der Waals surface area contributed by atoms with Crippen LogP contribution in [-0.4, -0.2) is 60.9 Å². The van der Waals surface area contributed by atoms with Crippen LogP contribution in [0, 0.1) is 11.8 Å². The zero-order valence-electron chi connectivity index (χ0n) is 18.6. The van der Waals surface area contributed by atoms with Crippen LogP contribution < -0.4 is 10.6 Å². The molecule has 2 amide bonds. The summed E-state index contributed by atoms with van der Waals surface area (Å²) in [5, 5.41) is 13.8. The van der Waals surface area contributed by atoms with E-state index >= 15 is 0 Å². The SMILES string of the molecule is O=C(N[C@@H]1CCO[C@@H]1C(=O)NCC1C(C(=O)O)C1(F)F)OCC1c2ccccc2-c2ccccc21. The van der Waals surface area contributed by atoms with Gasteiger partial charge in [0.1, 0.15) is 12.5 Å². The van der Waals surface area contributed by atoms with Crippen LogP contribution in [0.3, 0.4) is 0 Å². The summed E-state index contributed by atoms with van der Waals surface area (Å²) in [6.45, 7) is -0.179. The Kier molecular flexibility index (Phi) is 5.92. The Labute approximate surface area is 199 Å². The molecule has 8 nitrogen and oxygen atoms in total. The number of aliphatic carboxylic acids is 1. The Morgan fingerprint density at radius 1 is 1.06 bits per heavy atom. The number of ether oxygens (including phenoxy) is 2. The van der Waals surface area contributed by atoms with Crippen molar-refractivity contribution in [2.45, 2.75) is 30.4 Å². The van der Waals surface area contributed by atoms with Gasteiger partial charge in [0.05, 0.1) is 12.0 Å². The van der Waals surface area contributed by atoms with Crippen molar-refractivity contribution in [1.82, 2.24) is 10.6 Å². The van der Waals surface area contributed by atoms with Gasteiger partial charge >= 0.3 is 12.1 Å². The third kappa shape index (κ3) is 4.22. The summed E-state index contributed by atoms with van der Waals surface area (Å²) >= 11 is 0. The Hall–Kier alpha value is -3.53. The van der Waals surface area contributed by atoms with Gasteiger partial charge in [-0.3, -0.25) is 9.59 Å². The van der Waals surface area contributed by atoms with Crippen LogP contribution in [0.25, 0.3) is 11.1 Å². The fourth-order valence-corrected chi connectivity index (χ4v) is 5.08. The number of alkyl carbamates (subject to hydrolysis) is 1. The molecule has 1 saturated heterocycles. The van der Waals surface area contributed by atoms with Crippen LogP contribution in [0.2, 0.25) is 0 Å². The highest BCUT2D eigenvalue weighted by Crippen LogP contribution is 2.54. The molecule has 0 aromatic heterocycles. The Bertz CT molecular complexity index is 1130. The maximum Gasteiger partial charge on any atom is 0.407 e. The minimum Gasteiger partial charge on any atom is -0.481 e. The summed E-state index contributed by atoms with van der Waals surface area (Å²) in [7, 11) is 0. The first-order chi connectivity index (χ1) is 16.8. The van der Waals surface area contributed by atoms with Crippen molar-refractivity contribution in [3.8, 4) is 11.1 Å². The molecule has 0 bridgehead atoms. The van der Waals surface area contributed by atoms with E-state index in [4.69, 9.17) is 14.6 Å². The number of rotatable bonds is 7. The second-order valence-electron chi connectivity index (χ2n) is 9.00. The van der Waals surface area contributed by atoms with E-state index in [1.54, 1.807) is 0 Å². The topological polar surface area (TPSA) is 114 Å². The predicted molar refractivity (Wildman–Crippen MR) is 119 cm³/mol. The first-order valence-corrected chi connectivity index (χ1v) is 11.4. The molecule has 5 rings (SSSR count). The van der Waals surface area contributed by atoms with Crippen molar-refractivity contribution in [3.63, 3.8) is 0 Å². The van der Waals surface area contributed by atoms with Crippen molar-refractivity contribution in [1.29, 1.82) is 0 Å². The number of hydrogen-bond acceptors (Lipinski definition) is 5. The van der Waals surface area contributed by atoms with Crippen LogP contribution in [0.4, 0.5) is 13.6 Å². The molecule has 1 aliphatic heterocycles. The standard InChI is InChI=1S/C25H24F2N2O6/c26-25(27)18(20(25)23(31)32)11-28-22(30)21-19(9-10-34-21)29-24(33)35-12-17-15-7-3-1-5-13(15)14-6-2-4-8-16(14)17/h1-8,17-21H,9-12H2,(H,28,30)(H,29,33)(H,31,32)/t18?,19-,20?,21+/m1/s1. The van der Waals surface area contributed by atoms with Crippen LogP contribution in [0.15, 0.2) is 48.5 Å². The number of halogens is 2. The number of benzene rings is 2. The highest BCUT2D eigenvalue weighted by Gasteiger charge is 2.72. The van der Waals surface area contributed by atoms with E-state index in [1.807, 2.05) is 48.5 Å². The van der Waals surface area contributed by atoms with Gasteiger partial charge in [-0.2, -0.15) is 0 Å². The number of alkyl halides is 2. The van der Waals surface area contributed by atoms with E-state index in [2.05, 4.69) is 10.6 Å². The van der Waals surface area contributed by atoms with Crippen LogP contribution >= 0.6 is 0 Å². The summed E-state index contributed by atoms with van der Waals surface area (Å²) < 4.78 is 38.0. The number of carbonyl (C=O) groups excluding carboxylic acids is 2. The summed E-state index contributed by atoms with van der Waals surface area (Å²) in [5.41, 5.74) is 4.34. The van der Waals surface area contributed by atoms with Gasteiger partial charge in [-0.15, -0.1) is 0 Å². The summed E-state index contributed by atoms with van der Waals surface area (Å²) in [6, 6.07) is 15.2. The lowest BCUT2D eigenvalue weighted by atomic mass is 9.98. The molecule has 2 aliphatic carbocycles. The molecule has 3 N–H and O–H groups in total. The monoisotopic (exact) mass is 486 g/mol. The molecule has 2 aromatic carbocycles. The van der Waals surface area contributed by atoms with Crippen LogP contribution in [-0.2, 0) is 19.1 Å². The largest absolute Gasteiger partial charge is 0.481 e. The minimum atomic E-state index is -3.35. The maximum atomic E-state index is 13.5. The minimum absolute atomic E-state index is 0.109. The molecular weight excluding hydrogens is 462 g/mol. The van der Waals surface area contributed by atoms with E-state index in [9.17, 15) is 23.2 Å². The molecule has 4 atom stereocenters. The maximum absolute atomic E-state index is 13.5. The van der Waals surface area contributed by atoms with E-state index < -0.39 is 54.4 Å². The summed E-state index contributed by atoms with van der Waals surface area (Å²) in [5.74, 6) is -9.01. The van der Waals surface area contributed by atoms with E-state index in [1.165, 1.54) is 0 Å². The van der Waals surface area contributed by atoms with Crippen molar-refractivity contribution in [2.24, 2.45) is 11.8 Å². The number of fused-ring (bicyclic) bond motifs is 3. The molecule has 2 unspecified atom stereocenters. The molecule has 0 spiro atoms. The zero-order chi connectivity index (χ0) is 24.7. The normalized spacial score (nSPS) is 25.9. The lowest BCUT2D eigenvalue weighted by molar-refractivity contribution is -0.141. The van der Waals surface area contributed by atoms with Gasteiger partial charge in [0, 0.05) is 19.1 Å². The van der Waals surface area contributed by atoms with E-state index in [-0.39, 0.29) is 19.1 Å². The molecule has 0 radical (unpaired) electrons. The number of amides is 2. The third-order valence-electron chi connectivity index (χ3n) is 6.96. The quantitative estimate of drug-likeness (QED) is 0.555. The van der Waals surface area contributed by atoms with Gasteiger partial charge in [-0.1, -0.05) is 48.5 Å². The van der Waals surface area contributed by atoms with Crippen LogP contribution in [0.1, 0.15) is 23.5 Å². The first kappa shape index (κ1) is 23.2. The highest BCUT2D eigenvalue weighted by atomic mass is 19.3. The molecule has 3 aliphatic rings. The average Bonchev–Trinajstić information content (AvgIpc) is 3.13. The van der Waals surface area contributed by atoms with Crippen molar-refractivity contribution >= 4 is 18.0 Å². The zero-order valence-corrected chi connectivity index (χ0v) is 18.6. The fourth-order valence-electron chi connectivity index (χ4n) is 5.08. The van der Waals surface area contributed by atoms with Gasteiger partial charge < -0.3 is 25.2 Å². The van der Waals surface area contributed by atoms with Gasteiger partial charge in [-0.25, -0.2) is 13.6 Å². The molecule has 1 saturated carbocycles. The first-order valence-electron chi connectivity index (χ1n) is 11.4. The second-order valence-corrected chi connectivity index (χ2v) is 9.00. The highest BCUT2D eigenvalue weighted by molar-refractivity contribution is 5.83. The average molecular weight is 486 g/mol. The Morgan fingerprint density at radius 3 is 2.29 bits per heavy atom. The van der Waals surface area contributed by atoms with Gasteiger partial charge in [0.15, 0.2) is 6.10 Å². The Morgan fingerprint density at radius 2 is 1.69 bits per heavy atom. The third-order valence-corrected chi connectivity index (χ3v) is 6.96. The number of carboxylic acids is 1. The molecule has 35 heavy (non-hydrogen) atoms. The number of carbonyl (C=O) groups is 3. The molecule has 1 heterocycles. The van der Waals surface area contributed by atoms with Gasteiger partial charge in [0.2, 0.25) is 0 Å². The molecule has 2 fully saturated rings. The van der Waals surface area contributed by atoms with E-state index in [0.29, 0.717) is 6.42 Å². The predicted octanol–water partition coefficient (Wildman–Crippen LogP) is 2.76. The van der Waals surface area contributed by atoms with Crippen molar-refractivity contribution < 1.29 is 37.7 Å². The molecule has 184 valence electrons. The van der Waals surface area contributed by atoms with Crippen molar-refractivity contribution in [2.75, 3.05) is 19.8 Å². The van der Waals surface area contributed by atoms with Crippen LogP contribution in [0.5, 0.6) is 0 Å². The van der Waals surface area contributed by atoms with E-state index in [0.717, 1.165) is 22.3 Å².